The number of likely N-dealkylation sites (tertiary alicyclic amines) is 1. The maximum Gasteiger partial charge on any atom is 0.247 e. The summed E-state index contributed by atoms with van der Waals surface area (Å²) in [5.74, 6) is -1.38. The molecule has 0 aromatic heterocycles. The van der Waals surface area contributed by atoms with Crippen LogP contribution in [-0.2, 0) is 19.2 Å². The van der Waals surface area contributed by atoms with Gasteiger partial charge in [-0.15, -0.1) is 0 Å². The first-order valence-electron chi connectivity index (χ1n) is 12.1. The van der Waals surface area contributed by atoms with Crippen molar-refractivity contribution in [2.24, 2.45) is 17.3 Å². The lowest BCUT2D eigenvalue weighted by Crippen LogP contribution is -2.50. The van der Waals surface area contributed by atoms with Crippen molar-refractivity contribution in [3.63, 3.8) is 0 Å². The zero-order valence-electron chi connectivity index (χ0n) is 20.7. The first kappa shape index (κ1) is 24.4. The van der Waals surface area contributed by atoms with Gasteiger partial charge in [-0.3, -0.25) is 24.1 Å². The Bertz CT molecular complexity index is 1080. The topological polar surface area (TPSA) is 87.7 Å². The predicted molar refractivity (Wildman–Crippen MR) is 132 cm³/mol. The van der Waals surface area contributed by atoms with Crippen molar-refractivity contribution in [2.45, 2.75) is 65.5 Å². The van der Waals surface area contributed by atoms with E-state index >= 15 is 0 Å². The number of nitrogens with one attached hydrogen (secondary N) is 2. The molecule has 0 spiro atoms. The quantitative estimate of drug-likeness (QED) is 0.328. The molecule has 34 heavy (non-hydrogen) atoms. The standard InChI is InChI=1S/C27H35N3O4/c1-26(2,3)34-28-16-9-8-15-20(30-24(32)21-22(25(30)33)27(21,4)5)23(31)29-19-14-10-12-17-11-6-7-13-18(17)19/h6-7,10-14,20-22,28H,8-9,15-16H2,1-5H3,(H,29,31)/t20-,21?,22?/m0/s1. The van der Waals surface area contributed by atoms with E-state index in [4.69, 9.17) is 4.84 Å². The minimum atomic E-state index is -0.828. The van der Waals surface area contributed by atoms with E-state index < -0.39 is 6.04 Å². The Hall–Kier alpha value is -2.77. The average molecular weight is 466 g/mol. The molecule has 2 aromatic rings. The van der Waals surface area contributed by atoms with Gasteiger partial charge >= 0.3 is 0 Å². The second-order valence-electron chi connectivity index (χ2n) is 11.0. The minimum absolute atomic E-state index is 0.215. The number of carbonyl (C=O) groups is 3. The largest absolute Gasteiger partial charge is 0.324 e. The predicted octanol–water partition coefficient (Wildman–Crippen LogP) is 4.28. The summed E-state index contributed by atoms with van der Waals surface area (Å²) in [5.41, 5.74) is 3.03. The Labute approximate surface area is 201 Å². The van der Waals surface area contributed by atoms with E-state index in [0.29, 0.717) is 25.1 Å². The molecule has 2 aliphatic rings. The Morgan fingerprint density at radius 2 is 1.68 bits per heavy atom. The first-order chi connectivity index (χ1) is 16.0. The van der Waals surface area contributed by atoms with Crippen LogP contribution in [-0.4, -0.2) is 40.8 Å². The summed E-state index contributed by atoms with van der Waals surface area (Å²) in [6.45, 7) is 10.4. The highest BCUT2D eigenvalue weighted by Gasteiger charge is 2.73. The molecule has 0 radical (unpaired) electrons. The highest BCUT2D eigenvalue weighted by atomic mass is 16.7. The average Bonchev–Trinajstić information content (AvgIpc) is 3.24. The van der Waals surface area contributed by atoms with Crippen molar-refractivity contribution < 1.29 is 19.2 Å². The van der Waals surface area contributed by atoms with Gasteiger partial charge in [0, 0.05) is 17.6 Å². The molecule has 2 aromatic carbocycles. The smallest absolute Gasteiger partial charge is 0.247 e. The number of fused-ring (bicyclic) bond motifs is 2. The molecule has 4 rings (SSSR count). The summed E-state index contributed by atoms with van der Waals surface area (Å²) in [6, 6.07) is 12.7. The lowest BCUT2D eigenvalue weighted by atomic mass is 10.0. The maximum atomic E-state index is 13.5. The molecule has 7 heteroatoms. The normalized spacial score (nSPS) is 22.1. The number of hydrogen-bond donors (Lipinski definition) is 2. The third kappa shape index (κ3) is 4.72. The molecular formula is C27H35N3O4. The molecule has 3 atom stereocenters. The van der Waals surface area contributed by atoms with Crippen LogP contribution in [0.5, 0.6) is 0 Å². The molecule has 1 aliphatic heterocycles. The van der Waals surface area contributed by atoms with Gasteiger partial charge in [0.2, 0.25) is 17.7 Å². The highest BCUT2D eigenvalue weighted by molar-refractivity contribution is 6.14. The van der Waals surface area contributed by atoms with Gasteiger partial charge in [0.15, 0.2) is 0 Å². The van der Waals surface area contributed by atoms with Crippen molar-refractivity contribution in [2.75, 3.05) is 11.9 Å². The lowest BCUT2D eigenvalue weighted by Gasteiger charge is -2.29. The Balaban J connectivity index is 1.48. The number of benzene rings is 2. The summed E-state index contributed by atoms with van der Waals surface area (Å²) in [7, 11) is 0. The SMILES string of the molecule is CC(C)(C)ONCCCC[C@@H](C(=O)Nc1cccc2ccccc12)N1C(=O)C2C(C1=O)C2(C)C. The number of hydroxylamine groups is 1. The van der Waals surface area contributed by atoms with Crippen LogP contribution in [0.3, 0.4) is 0 Å². The number of piperidine rings is 1. The van der Waals surface area contributed by atoms with Gasteiger partial charge in [0.25, 0.3) is 0 Å². The van der Waals surface area contributed by atoms with Crippen LogP contribution in [0.15, 0.2) is 42.5 Å². The van der Waals surface area contributed by atoms with E-state index in [2.05, 4.69) is 10.8 Å². The molecule has 182 valence electrons. The third-order valence-electron chi connectivity index (χ3n) is 6.88. The molecule has 1 saturated carbocycles. The van der Waals surface area contributed by atoms with Gasteiger partial charge in [-0.25, -0.2) is 5.48 Å². The van der Waals surface area contributed by atoms with Gasteiger partial charge in [0.1, 0.15) is 6.04 Å². The monoisotopic (exact) mass is 465 g/mol. The van der Waals surface area contributed by atoms with E-state index in [-0.39, 0.29) is 40.6 Å². The van der Waals surface area contributed by atoms with Crippen LogP contribution >= 0.6 is 0 Å². The Morgan fingerprint density at radius 3 is 2.35 bits per heavy atom. The van der Waals surface area contributed by atoms with Gasteiger partial charge < -0.3 is 5.32 Å². The van der Waals surface area contributed by atoms with Crippen molar-refractivity contribution in [3.05, 3.63) is 42.5 Å². The number of rotatable bonds is 9. The van der Waals surface area contributed by atoms with Crippen LogP contribution < -0.4 is 10.8 Å². The minimum Gasteiger partial charge on any atom is -0.324 e. The summed E-state index contributed by atoms with van der Waals surface area (Å²) >= 11 is 0. The van der Waals surface area contributed by atoms with Crippen molar-refractivity contribution in [1.82, 2.24) is 10.4 Å². The van der Waals surface area contributed by atoms with E-state index in [1.54, 1.807) is 0 Å². The molecule has 3 amide bonds. The zero-order chi connectivity index (χ0) is 24.7. The fourth-order valence-corrected chi connectivity index (χ4v) is 5.01. The molecule has 2 fully saturated rings. The second-order valence-corrected chi connectivity index (χ2v) is 11.0. The fourth-order valence-electron chi connectivity index (χ4n) is 5.01. The van der Waals surface area contributed by atoms with Crippen molar-refractivity contribution >= 4 is 34.2 Å². The molecule has 7 nitrogen and oxygen atoms in total. The van der Waals surface area contributed by atoms with E-state index in [9.17, 15) is 14.4 Å². The van der Waals surface area contributed by atoms with Crippen LogP contribution in [0.25, 0.3) is 10.8 Å². The summed E-state index contributed by atoms with van der Waals surface area (Å²) < 4.78 is 0. The summed E-state index contributed by atoms with van der Waals surface area (Å²) in [4.78, 5) is 46.5. The maximum absolute atomic E-state index is 13.5. The fraction of sp³-hybridized carbons (Fsp3) is 0.519. The zero-order valence-corrected chi connectivity index (χ0v) is 20.7. The molecule has 1 aliphatic carbocycles. The molecule has 2 unspecified atom stereocenters. The Kier molecular flexibility index (Phi) is 6.53. The number of imide groups is 1. The molecule has 0 bridgehead atoms. The number of amides is 3. The molecular weight excluding hydrogens is 430 g/mol. The van der Waals surface area contributed by atoms with Gasteiger partial charge in [0.05, 0.1) is 17.4 Å². The molecule has 2 N–H and O–H groups in total. The van der Waals surface area contributed by atoms with Crippen LogP contribution in [0, 0.1) is 17.3 Å². The number of carbonyl (C=O) groups excluding carboxylic acids is 3. The van der Waals surface area contributed by atoms with Gasteiger partial charge in [-0.2, -0.15) is 0 Å². The van der Waals surface area contributed by atoms with Gasteiger partial charge in [-0.05, 0) is 56.9 Å². The van der Waals surface area contributed by atoms with Crippen LogP contribution in [0.2, 0.25) is 0 Å². The van der Waals surface area contributed by atoms with Crippen molar-refractivity contribution in [3.8, 4) is 0 Å². The highest BCUT2D eigenvalue weighted by Crippen LogP contribution is 2.63. The third-order valence-corrected chi connectivity index (χ3v) is 6.88. The Morgan fingerprint density at radius 1 is 1.03 bits per heavy atom. The van der Waals surface area contributed by atoms with E-state index in [1.807, 2.05) is 77.1 Å². The first-order valence-corrected chi connectivity index (χ1v) is 12.1. The number of unbranched alkanes of at least 4 members (excludes halogenated alkanes) is 1. The van der Waals surface area contributed by atoms with E-state index in [1.165, 1.54) is 4.90 Å². The number of hydrogen-bond acceptors (Lipinski definition) is 5. The van der Waals surface area contributed by atoms with Crippen LogP contribution in [0.1, 0.15) is 53.9 Å². The number of nitrogens with zero attached hydrogens (tertiary/aromatic N) is 1. The lowest BCUT2D eigenvalue weighted by molar-refractivity contribution is -0.149. The van der Waals surface area contributed by atoms with E-state index in [0.717, 1.165) is 17.2 Å². The second kappa shape index (κ2) is 9.12. The van der Waals surface area contributed by atoms with Crippen LogP contribution in [0.4, 0.5) is 5.69 Å². The molecule has 1 saturated heterocycles. The summed E-state index contributed by atoms with van der Waals surface area (Å²) in [5, 5.41) is 4.93. The molecule has 1 heterocycles. The summed E-state index contributed by atoms with van der Waals surface area (Å²) in [6.07, 6.45) is 1.83. The number of anilines is 1. The van der Waals surface area contributed by atoms with Gasteiger partial charge in [-0.1, -0.05) is 50.2 Å². The van der Waals surface area contributed by atoms with Crippen molar-refractivity contribution in [1.29, 1.82) is 0 Å².